The largest absolute Gasteiger partial charge is 0.457 e. The maximum absolute atomic E-state index is 11.4. The second kappa shape index (κ2) is 7.63. The van der Waals surface area contributed by atoms with Crippen molar-refractivity contribution in [3.8, 4) is 11.5 Å². The highest BCUT2D eigenvalue weighted by molar-refractivity contribution is 6.30. The third-order valence-electron chi connectivity index (χ3n) is 3.16. The summed E-state index contributed by atoms with van der Waals surface area (Å²) in [5, 5.41) is 4.73. The van der Waals surface area contributed by atoms with Gasteiger partial charge in [-0.2, -0.15) is 5.10 Å². The smallest absolute Gasteiger partial charge is 0.252 e. The fourth-order valence-electron chi connectivity index (χ4n) is 2.10. The van der Waals surface area contributed by atoms with Gasteiger partial charge in [0.25, 0.3) is 5.56 Å². The summed E-state index contributed by atoms with van der Waals surface area (Å²) in [6.45, 7) is 1.74. The van der Waals surface area contributed by atoms with Gasteiger partial charge in [0.1, 0.15) is 11.5 Å². The Hall–Kier alpha value is -3.12. The second-order valence-corrected chi connectivity index (χ2v) is 5.67. The number of hydrogen-bond donors (Lipinski definition) is 2. The molecule has 0 aliphatic carbocycles. The number of aromatic nitrogens is 2. The zero-order chi connectivity index (χ0) is 17.6. The molecule has 2 N–H and O–H groups in total. The van der Waals surface area contributed by atoms with Gasteiger partial charge < -0.3 is 4.74 Å². The summed E-state index contributed by atoms with van der Waals surface area (Å²) >= 11 is 5.86. The summed E-state index contributed by atoms with van der Waals surface area (Å²) in [5.74, 6) is 1.65. The molecule has 3 aromatic rings. The zero-order valence-electron chi connectivity index (χ0n) is 13.4. The van der Waals surface area contributed by atoms with E-state index in [9.17, 15) is 4.79 Å². The molecular weight excluding hydrogens is 340 g/mol. The number of hydrazone groups is 1. The molecule has 0 bridgehead atoms. The van der Waals surface area contributed by atoms with E-state index in [2.05, 4.69) is 20.5 Å². The van der Waals surface area contributed by atoms with E-state index in [0.29, 0.717) is 22.2 Å². The Balaban J connectivity index is 1.68. The molecule has 2 aromatic carbocycles. The molecule has 0 saturated heterocycles. The van der Waals surface area contributed by atoms with Crippen LogP contribution in [0.25, 0.3) is 0 Å². The quantitative estimate of drug-likeness (QED) is 0.536. The van der Waals surface area contributed by atoms with Crippen molar-refractivity contribution >= 4 is 23.8 Å². The Labute approximate surface area is 149 Å². The van der Waals surface area contributed by atoms with E-state index < -0.39 is 0 Å². The molecule has 0 unspecified atom stereocenters. The van der Waals surface area contributed by atoms with Gasteiger partial charge in [0.05, 0.1) is 6.21 Å². The number of halogens is 1. The van der Waals surface area contributed by atoms with Crippen molar-refractivity contribution in [3.63, 3.8) is 0 Å². The number of nitrogens with one attached hydrogen (secondary N) is 2. The molecule has 6 nitrogen and oxygen atoms in total. The zero-order valence-corrected chi connectivity index (χ0v) is 14.1. The molecule has 0 aliphatic rings. The maximum Gasteiger partial charge on any atom is 0.252 e. The molecule has 7 heteroatoms. The van der Waals surface area contributed by atoms with Crippen molar-refractivity contribution in [1.82, 2.24) is 9.97 Å². The van der Waals surface area contributed by atoms with Gasteiger partial charge in [-0.05, 0) is 48.9 Å². The van der Waals surface area contributed by atoms with Gasteiger partial charge in [0, 0.05) is 16.8 Å². The molecular formula is C18H15ClN4O2. The van der Waals surface area contributed by atoms with Crippen LogP contribution in [0.2, 0.25) is 5.02 Å². The minimum atomic E-state index is -0.233. The van der Waals surface area contributed by atoms with Crippen molar-refractivity contribution < 1.29 is 4.74 Å². The number of H-pyrrole nitrogens is 1. The fraction of sp³-hybridized carbons (Fsp3) is 0.0556. The standard InChI is InChI=1S/C18H15ClN4O2/c1-12-9-17(24)22-18(21-12)23-20-11-13-3-2-4-16(10-13)25-15-7-5-14(19)6-8-15/h2-11H,1H3,(H2,21,22,23,24)/b20-11+. The molecule has 0 saturated carbocycles. The third kappa shape index (κ3) is 4.92. The van der Waals surface area contributed by atoms with Gasteiger partial charge in [-0.25, -0.2) is 10.4 Å². The van der Waals surface area contributed by atoms with Crippen LogP contribution in [-0.2, 0) is 0 Å². The highest BCUT2D eigenvalue weighted by atomic mass is 35.5. The van der Waals surface area contributed by atoms with Gasteiger partial charge in [-0.3, -0.25) is 9.78 Å². The third-order valence-corrected chi connectivity index (χ3v) is 3.41. The predicted octanol–water partition coefficient (Wildman–Crippen LogP) is 3.97. The summed E-state index contributed by atoms with van der Waals surface area (Å²) in [5.41, 5.74) is 3.90. The van der Waals surface area contributed by atoms with Crippen LogP contribution in [0.15, 0.2) is 64.5 Å². The SMILES string of the molecule is Cc1cc(=O)[nH]c(N/N=C/c2cccc(Oc3ccc(Cl)cc3)c2)n1. The molecule has 0 atom stereocenters. The fourth-order valence-corrected chi connectivity index (χ4v) is 2.22. The van der Waals surface area contributed by atoms with Crippen LogP contribution in [0.5, 0.6) is 11.5 Å². The van der Waals surface area contributed by atoms with Crippen LogP contribution < -0.4 is 15.7 Å². The van der Waals surface area contributed by atoms with Crippen LogP contribution in [0.3, 0.4) is 0 Å². The normalized spacial score (nSPS) is 10.8. The molecule has 0 amide bonds. The van der Waals surface area contributed by atoms with E-state index in [0.717, 1.165) is 5.56 Å². The molecule has 0 spiro atoms. The van der Waals surface area contributed by atoms with Crippen molar-refractivity contribution in [3.05, 3.63) is 81.2 Å². The lowest BCUT2D eigenvalue weighted by Crippen LogP contribution is -2.10. The highest BCUT2D eigenvalue weighted by Crippen LogP contribution is 2.23. The second-order valence-electron chi connectivity index (χ2n) is 5.23. The van der Waals surface area contributed by atoms with Gasteiger partial charge >= 0.3 is 0 Å². The van der Waals surface area contributed by atoms with E-state index in [1.54, 1.807) is 37.4 Å². The average molecular weight is 355 g/mol. The summed E-state index contributed by atoms with van der Waals surface area (Å²) in [4.78, 5) is 18.1. The molecule has 0 aliphatic heterocycles. The van der Waals surface area contributed by atoms with Crippen LogP contribution in [0.4, 0.5) is 5.95 Å². The summed E-state index contributed by atoms with van der Waals surface area (Å²) in [7, 11) is 0. The van der Waals surface area contributed by atoms with Crippen LogP contribution in [0, 0.1) is 6.92 Å². The minimum absolute atomic E-state index is 0.233. The Bertz CT molecular complexity index is 952. The van der Waals surface area contributed by atoms with E-state index in [4.69, 9.17) is 16.3 Å². The Morgan fingerprint density at radius 3 is 2.72 bits per heavy atom. The number of aryl methyl sites for hydroxylation is 1. The summed E-state index contributed by atoms with van der Waals surface area (Å²) in [6.07, 6.45) is 1.61. The first-order chi connectivity index (χ1) is 12.1. The molecule has 25 heavy (non-hydrogen) atoms. The van der Waals surface area contributed by atoms with E-state index in [1.807, 2.05) is 24.3 Å². The highest BCUT2D eigenvalue weighted by Gasteiger charge is 1.99. The van der Waals surface area contributed by atoms with Crippen LogP contribution in [0.1, 0.15) is 11.3 Å². The van der Waals surface area contributed by atoms with Crippen molar-refractivity contribution in [1.29, 1.82) is 0 Å². The first-order valence-electron chi connectivity index (χ1n) is 7.49. The number of ether oxygens (including phenoxy) is 1. The molecule has 1 heterocycles. The maximum atomic E-state index is 11.4. The van der Waals surface area contributed by atoms with Crippen molar-refractivity contribution in [2.75, 3.05) is 5.43 Å². The molecule has 1 aromatic heterocycles. The number of hydrogen-bond acceptors (Lipinski definition) is 5. The number of anilines is 1. The molecule has 0 radical (unpaired) electrons. The van der Waals surface area contributed by atoms with E-state index in [-0.39, 0.29) is 11.5 Å². The number of nitrogens with zero attached hydrogens (tertiary/aromatic N) is 2. The summed E-state index contributed by atoms with van der Waals surface area (Å²) in [6, 6.07) is 16.0. The Kier molecular flexibility index (Phi) is 5.11. The van der Waals surface area contributed by atoms with Gasteiger partial charge in [0.15, 0.2) is 0 Å². The van der Waals surface area contributed by atoms with Crippen LogP contribution in [-0.4, -0.2) is 16.2 Å². The monoisotopic (exact) mass is 354 g/mol. The van der Waals surface area contributed by atoms with Crippen molar-refractivity contribution in [2.45, 2.75) is 6.92 Å². The Morgan fingerprint density at radius 2 is 1.96 bits per heavy atom. The molecule has 3 rings (SSSR count). The minimum Gasteiger partial charge on any atom is -0.457 e. The lowest BCUT2D eigenvalue weighted by Gasteiger charge is -2.06. The predicted molar refractivity (Wildman–Crippen MR) is 98.8 cm³/mol. The number of benzene rings is 2. The van der Waals surface area contributed by atoms with Gasteiger partial charge in [-0.15, -0.1) is 0 Å². The molecule has 0 fully saturated rings. The molecule has 126 valence electrons. The van der Waals surface area contributed by atoms with Gasteiger partial charge in [-0.1, -0.05) is 23.7 Å². The lowest BCUT2D eigenvalue weighted by atomic mass is 10.2. The lowest BCUT2D eigenvalue weighted by molar-refractivity contribution is 0.482. The summed E-state index contributed by atoms with van der Waals surface area (Å²) < 4.78 is 5.77. The number of aromatic amines is 1. The van der Waals surface area contributed by atoms with E-state index in [1.165, 1.54) is 6.07 Å². The first-order valence-corrected chi connectivity index (χ1v) is 7.87. The van der Waals surface area contributed by atoms with Crippen LogP contribution >= 0.6 is 11.6 Å². The topological polar surface area (TPSA) is 79.4 Å². The van der Waals surface area contributed by atoms with Crippen molar-refractivity contribution in [2.24, 2.45) is 5.10 Å². The average Bonchev–Trinajstić information content (AvgIpc) is 2.57. The number of rotatable bonds is 5. The van der Waals surface area contributed by atoms with E-state index >= 15 is 0 Å². The first kappa shape index (κ1) is 16.7. The Morgan fingerprint density at radius 1 is 1.16 bits per heavy atom. The van der Waals surface area contributed by atoms with Gasteiger partial charge in [0.2, 0.25) is 5.95 Å².